The van der Waals surface area contributed by atoms with Crippen LogP contribution in [-0.4, -0.2) is 23.2 Å². The smallest absolute Gasteiger partial charge is 0.354 e. The second-order valence-corrected chi connectivity index (χ2v) is 5.97. The third kappa shape index (κ3) is 7.12. The normalized spacial score (nSPS) is 12.3. The third-order valence-corrected chi connectivity index (χ3v) is 4.08. The Morgan fingerprint density at radius 1 is 1.14 bits per heavy atom. The minimum atomic E-state index is -0.501. The molecule has 0 amide bonds. The average molecular weight is 309 g/mol. The lowest BCUT2D eigenvalue weighted by Crippen LogP contribution is -2.01. The van der Waals surface area contributed by atoms with Gasteiger partial charge in [0.1, 0.15) is 5.69 Å². The molecule has 0 saturated heterocycles. The molecule has 1 aromatic rings. The van der Waals surface area contributed by atoms with E-state index in [2.05, 4.69) is 16.6 Å². The van der Waals surface area contributed by atoms with Gasteiger partial charge < -0.3 is 14.8 Å². The molecule has 0 radical (unpaired) electrons. The van der Waals surface area contributed by atoms with Gasteiger partial charge in [0, 0.05) is 6.20 Å². The maximum absolute atomic E-state index is 11.3. The molecular formula is C18H31NO3. The molecule has 0 saturated carbocycles. The summed E-state index contributed by atoms with van der Waals surface area (Å²) in [6, 6.07) is 1.67. The van der Waals surface area contributed by atoms with Gasteiger partial charge in [-0.3, -0.25) is 0 Å². The number of esters is 1. The fourth-order valence-electron chi connectivity index (χ4n) is 2.65. The number of aliphatic hydroxyl groups is 1. The van der Waals surface area contributed by atoms with Crippen molar-refractivity contribution in [1.82, 2.24) is 4.98 Å². The molecule has 126 valence electrons. The zero-order valence-electron chi connectivity index (χ0n) is 14.1. The molecule has 0 aliphatic rings. The van der Waals surface area contributed by atoms with Crippen LogP contribution in [0.25, 0.3) is 0 Å². The van der Waals surface area contributed by atoms with E-state index in [-0.39, 0.29) is 0 Å². The molecule has 1 atom stereocenters. The van der Waals surface area contributed by atoms with Crippen LogP contribution in [0.5, 0.6) is 0 Å². The van der Waals surface area contributed by atoms with Crippen molar-refractivity contribution >= 4 is 5.97 Å². The molecule has 4 heteroatoms. The highest BCUT2D eigenvalue weighted by molar-refractivity contribution is 5.87. The van der Waals surface area contributed by atoms with Crippen LogP contribution in [0.15, 0.2) is 12.3 Å². The molecule has 1 aromatic heterocycles. The maximum atomic E-state index is 11.3. The Hall–Kier alpha value is -1.29. The molecule has 0 aromatic carbocycles. The number of hydrogen-bond donors (Lipinski definition) is 2. The fourth-order valence-corrected chi connectivity index (χ4v) is 2.65. The Kier molecular flexibility index (Phi) is 9.64. The summed E-state index contributed by atoms with van der Waals surface area (Å²) in [5.41, 5.74) is 1.16. The van der Waals surface area contributed by atoms with Gasteiger partial charge in [0.2, 0.25) is 0 Å². The number of ether oxygens (including phenoxy) is 1. The van der Waals surface area contributed by atoms with Crippen molar-refractivity contribution in [3.63, 3.8) is 0 Å². The zero-order valence-corrected chi connectivity index (χ0v) is 14.1. The Morgan fingerprint density at radius 3 is 2.32 bits per heavy atom. The van der Waals surface area contributed by atoms with E-state index in [9.17, 15) is 9.90 Å². The fraction of sp³-hybridized carbons (Fsp3) is 0.722. The van der Waals surface area contributed by atoms with E-state index in [1.54, 1.807) is 12.3 Å². The lowest BCUT2D eigenvalue weighted by atomic mass is 10.0. The molecule has 1 unspecified atom stereocenters. The number of aromatic nitrogens is 1. The van der Waals surface area contributed by atoms with Crippen molar-refractivity contribution in [3.05, 3.63) is 23.5 Å². The third-order valence-electron chi connectivity index (χ3n) is 4.08. The van der Waals surface area contributed by atoms with E-state index in [0.717, 1.165) is 18.4 Å². The van der Waals surface area contributed by atoms with Gasteiger partial charge in [-0.2, -0.15) is 0 Å². The molecule has 0 aliphatic carbocycles. The van der Waals surface area contributed by atoms with Crippen LogP contribution in [0.4, 0.5) is 0 Å². The number of aromatic amines is 1. The SMILES string of the molecule is CCCCCCCCCCCC(O)c1c[nH]c(C(=O)OC)c1. The lowest BCUT2D eigenvalue weighted by Gasteiger charge is -2.08. The Labute approximate surface area is 134 Å². The Morgan fingerprint density at radius 2 is 1.73 bits per heavy atom. The first kappa shape index (κ1) is 18.8. The second-order valence-electron chi connectivity index (χ2n) is 5.97. The van der Waals surface area contributed by atoms with Gasteiger partial charge in [0.25, 0.3) is 0 Å². The summed E-state index contributed by atoms with van der Waals surface area (Å²) in [7, 11) is 1.35. The number of hydrogen-bond acceptors (Lipinski definition) is 3. The van der Waals surface area contributed by atoms with Crippen LogP contribution >= 0.6 is 0 Å². The predicted molar refractivity (Wildman–Crippen MR) is 88.9 cm³/mol. The quantitative estimate of drug-likeness (QED) is 0.432. The monoisotopic (exact) mass is 309 g/mol. The van der Waals surface area contributed by atoms with Crippen LogP contribution in [0.2, 0.25) is 0 Å². The van der Waals surface area contributed by atoms with Crippen molar-refractivity contribution in [3.8, 4) is 0 Å². The summed E-state index contributed by atoms with van der Waals surface area (Å²) in [6.07, 6.45) is 13.4. The second kappa shape index (κ2) is 11.3. The van der Waals surface area contributed by atoms with E-state index in [0.29, 0.717) is 5.69 Å². The molecule has 4 nitrogen and oxygen atoms in total. The van der Waals surface area contributed by atoms with Gasteiger partial charge in [-0.1, -0.05) is 64.7 Å². The number of unbranched alkanes of at least 4 members (excludes halogenated alkanes) is 8. The maximum Gasteiger partial charge on any atom is 0.354 e. The van der Waals surface area contributed by atoms with Gasteiger partial charge in [-0.05, 0) is 18.1 Å². The lowest BCUT2D eigenvalue weighted by molar-refractivity contribution is 0.0594. The number of H-pyrrole nitrogens is 1. The molecule has 1 heterocycles. The molecule has 0 bridgehead atoms. The molecule has 0 spiro atoms. The van der Waals surface area contributed by atoms with Crippen LogP contribution in [0.3, 0.4) is 0 Å². The van der Waals surface area contributed by atoms with Gasteiger partial charge in [-0.15, -0.1) is 0 Å². The highest BCUT2D eigenvalue weighted by Crippen LogP contribution is 2.21. The highest BCUT2D eigenvalue weighted by Gasteiger charge is 2.13. The minimum Gasteiger partial charge on any atom is -0.464 e. The summed E-state index contributed by atoms with van der Waals surface area (Å²) in [5, 5.41) is 10.1. The number of nitrogens with one attached hydrogen (secondary N) is 1. The summed E-state index contributed by atoms with van der Waals surface area (Å²) in [6.45, 7) is 2.24. The Balaban J connectivity index is 2.09. The van der Waals surface area contributed by atoms with Crippen LogP contribution in [0, 0.1) is 0 Å². The molecule has 0 aliphatic heterocycles. The summed E-state index contributed by atoms with van der Waals surface area (Å²) < 4.78 is 4.64. The number of rotatable bonds is 12. The van der Waals surface area contributed by atoms with E-state index in [4.69, 9.17) is 0 Å². The number of carbonyl (C=O) groups excluding carboxylic acids is 1. The number of carbonyl (C=O) groups is 1. The van der Waals surface area contributed by atoms with Gasteiger partial charge >= 0.3 is 5.97 Å². The topological polar surface area (TPSA) is 62.3 Å². The first-order chi connectivity index (χ1) is 10.7. The number of methoxy groups -OCH3 is 1. The van der Waals surface area contributed by atoms with Crippen molar-refractivity contribution < 1.29 is 14.6 Å². The van der Waals surface area contributed by atoms with Crippen molar-refractivity contribution in [2.45, 2.75) is 77.2 Å². The van der Waals surface area contributed by atoms with Crippen molar-refractivity contribution in [2.24, 2.45) is 0 Å². The minimum absolute atomic E-state index is 0.392. The van der Waals surface area contributed by atoms with Crippen LogP contribution < -0.4 is 0 Å². The van der Waals surface area contributed by atoms with Gasteiger partial charge in [0.05, 0.1) is 13.2 Å². The van der Waals surface area contributed by atoms with Crippen LogP contribution in [0.1, 0.15) is 93.3 Å². The predicted octanol–water partition coefficient (Wildman–Crippen LogP) is 4.76. The van der Waals surface area contributed by atoms with E-state index >= 15 is 0 Å². The largest absolute Gasteiger partial charge is 0.464 e. The molecule has 22 heavy (non-hydrogen) atoms. The summed E-state index contributed by atoms with van der Waals surface area (Å²) >= 11 is 0. The van der Waals surface area contributed by atoms with E-state index in [1.165, 1.54) is 58.5 Å². The molecular weight excluding hydrogens is 278 g/mol. The summed E-state index contributed by atoms with van der Waals surface area (Å²) in [5.74, 6) is -0.401. The zero-order chi connectivity index (χ0) is 16.2. The van der Waals surface area contributed by atoms with Gasteiger partial charge in [0.15, 0.2) is 0 Å². The Bertz CT molecular complexity index is 414. The molecule has 0 fully saturated rings. The highest BCUT2D eigenvalue weighted by atomic mass is 16.5. The van der Waals surface area contributed by atoms with E-state index in [1.807, 2.05) is 0 Å². The first-order valence-electron chi connectivity index (χ1n) is 8.63. The van der Waals surface area contributed by atoms with Crippen molar-refractivity contribution in [2.75, 3.05) is 7.11 Å². The average Bonchev–Trinajstić information content (AvgIpc) is 3.02. The standard InChI is InChI=1S/C18H31NO3/c1-3-4-5-6-7-8-9-10-11-12-17(20)15-13-16(19-14-15)18(21)22-2/h13-14,17,19-20H,3-12H2,1-2H3. The van der Waals surface area contributed by atoms with Gasteiger partial charge in [-0.25, -0.2) is 4.79 Å². The molecule has 2 N–H and O–H groups in total. The van der Waals surface area contributed by atoms with E-state index < -0.39 is 12.1 Å². The van der Waals surface area contributed by atoms with Crippen molar-refractivity contribution in [1.29, 1.82) is 0 Å². The molecule has 1 rings (SSSR count). The first-order valence-corrected chi connectivity index (χ1v) is 8.63. The number of aliphatic hydroxyl groups excluding tert-OH is 1. The van der Waals surface area contributed by atoms with Crippen LogP contribution in [-0.2, 0) is 4.74 Å². The summed E-state index contributed by atoms with van der Waals surface area (Å²) in [4.78, 5) is 14.2.